The Morgan fingerprint density at radius 1 is 1.06 bits per heavy atom. The van der Waals surface area contributed by atoms with Crippen molar-refractivity contribution in [1.82, 2.24) is 20.0 Å². The second kappa shape index (κ2) is 10.6. The molecule has 1 aromatic carbocycles. The number of amides is 5. The first-order valence-corrected chi connectivity index (χ1v) is 12.1. The molecule has 0 spiro atoms. The lowest BCUT2D eigenvalue weighted by molar-refractivity contribution is -0.153. The van der Waals surface area contributed by atoms with Crippen molar-refractivity contribution >= 4 is 35.5 Å². The molecule has 0 radical (unpaired) electrons. The van der Waals surface area contributed by atoms with Crippen molar-refractivity contribution < 1.29 is 33.5 Å². The molecule has 4 rings (SSSR count). The van der Waals surface area contributed by atoms with E-state index in [1.54, 1.807) is 19.1 Å². The zero-order valence-corrected chi connectivity index (χ0v) is 20.4. The number of benzene rings is 1. The third-order valence-electron chi connectivity index (χ3n) is 7.08. The van der Waals surface area contributed by atoms with Crippen LogP contribution in [0, 0.1) is 0 Å². The molecule has 3 aliphatic rings. The Bertz CT molecular complexity index is 1060. The minimum Gasteiger partial charge on any atom is -0.469 e. The van der Waals surface area contributed by atoms with Crippen molar-refractivity contribution in [3.63, 3.8) is 0 Å². The Hall–Kier alpha value is -3.60. The standard InChI is InChI=1S/C25H30N4O7/c1-15(27-11-5-6-12-27)22(32)26-16(13-21(31)36-2)14-28-20(30)10-9-19(25(28)35)29-23(33)17-7-3-4-8-18(17)24(29)34/h3-4,7-8,15-16,19H,5-6,9-14H2,1-2H3,(H,26,32)/t15?,16?,19-/m0/s1. The summed E-state index contributed by atoms with van der Waals surface area (Å²) in [6, 6.07) is 3.85. The first-order valence-electron chi connectivity index (χ1n) is 12.1. The van der Waals surface area contributed by atoms with E-state index in [2.05, 4.69) is 5.32 Å². The highest BCUT2D eigenvalue weighted by atomic mass is 16.5. The van der Waals surface area contributed by atoms with E-state index in [4.69, 9.17) is 4.74 Å². The van der Waals surface area contributed by atoms with E-state index in [1.807, 2.05) is 4.90 Å². The van der Waals surface area contributed by atoms with Crippen LogP contribution < -0.4 is 5.32 Å². The number of carbonyl (C=O) groups excluding carboxylic acids is 6. The summed E-state index contributed by atoms with van der Waals surface area (Å²) in [4.78, 5) is 80.8. The quantitative estimate of drug-likeness (QED) is 0.401. The molecule has 11 nitrogen and oxygen atoms in total. The predicted molar refractivity (Wildman–Crippen MR) is 126 cm³/mol. The number of fused-ring (bicyclic) bond motifs is 1. The fraction of sp³-hybridized carbons (Fsp3) is 0.520. The molecule has 0 bridgehead atoms. The van der Waals surface area contributed by atoms with Gasteiger partial charge in [-0.2, -0.15) is 0 Å². The second-order valence-corrected chi connectivity index (χ2v) is 9.33. The highest BCUT2D eigenvalue weighted by Gasteiger charge is 2.47. The number of methoxy groups -OCH3 is 1. The molecular weight excluding hydrogens is 468 g/mol. The van der Waals surface area contributed by atoms with Gasteiger partial charge in [-0.15, -0.1) is 0 Å². The fourth-order valence-corrected chi connectivity index (χ4v) is 5.03. The molecule has 36 heavy (non-hydrogen) atoms. The van der Waals surface area contributed by atoms with E-state index in [1.165, 1.54) is 19.2 Å². The average Bonchev–Trinajstić information content (AvgIpc) is 3.49. The number of likely N-dealkylation sites (tertiary alicyclic amines) is 2. The Labute approximate surface area is 208 Å². The molecule has 11 heteroatoms. The summed E-state index contributed by atoms with van der Waals surface area (Å²) in [7, 11) is 1.21. The van der Waals surface area contributed by atoms with Crippen LogP contribution in [0.25, 0.3) is 0 Å². The lowest BCUT2D eigenvalue weighted by Gasteiger charge is -2.36. The Kier molecular flexibility index (Phi) is 7.48. The van der Waals surface area contributed by atoms with Crippen LogP contribution in [0.3, 0.4) is 0 Å². The van der Waals surface area contributed by atoms with Crippen molar-refractivity contribution in [1.29, 1.82) is 0 Å². The minimum atomic E-state index is -1.15. The van der Waals surface area contributed by atoms with Gasteiger partial charge in [0.05, 0.1) is 36.7 Å². The molecule has 3 atom stereocenters. The number of piperidine rings is 1. The van der Waals surface area contributed by atoms with Gasteiger partial charge in [-0.3, -0.25) is 43.5 Å². The molecule has 3 heterocycles. The van der Waals surface area contributed by atoms with Crippen LogP contribution in [0.2, 0.25) is 0 Å². The van der Waals surface area contributed by atoms with Gasteiger partial charge in [-0.1, -0.05) is 12.1 Å². The van der Waals surface area contributed by atoms with Gasteiger partial charge in [0.15, 0.2) is 0 Å². The van der Waals surface area contributed by atoms with Crippen LogP contribution in [0.4, 0.5) is 0 Å². The summed E-state index contributed by atoms with van der Waals surface area (Å²) in [5, 5.41) is 2.79. The summed E-state index contributed by atoms with van der Waals surface area (Å²) in [5.74, 6) is -3.30. The third-order valence-corrected chi connectivity index (χ3v) is 7.08. The van der Waals surface area contributed by atoms with E-state index >= 15 is 0 Å². The molecule has 5 amide bonds. The lowest BCUT2D eigenvalue weighted by Crippen LogP contribution is -2.59. The largest absolute Gasteiger partial charge is 0.469 e. The van der Waals surface area contributed by atoms with Crippen molar-refractivity contribution in [2.24, 2.45) is 0 Å². The number of carbonyl (C=O) groups is 6. The van der Waals surface area contributed by atoms with Crippen LogP contribution in [0.1, 0.15) is 59.7 Å². The van der Waals surface area contributed by atoms with Crippen molar-refractivity contribution in [2.45, 2.75) is 57.2 Å². The van der Waals surface area contributed by atoms with Gasteiger partial charge in [0.25, 0.3) is 17.7 Å². The number of esters is 1. The SMILES string of the molecule is COC(=O)CC(CN1C(=O)CC[C@H](N2C(=O)c3ccccc3C2=O)C1=O)NC(=O)C(C)N1CCCC1. The molecule has 0 saturated carbocycles. The summed E-state index contributed by atoms with van der Waals surface area (Å²) in [5.41, 5.74) is 0.427. The molecule has 2 unspecified atom stereocenters. The maximum atomic E-state index is 13.4. The number of imide groups is 2. The monoisotopic (exact) mass is 498 g/mol. The molecule has 1 aromatic rings. The van der Waals surface area contributed by atoms with E-state index in [-0.39, 0.29) is 42.8 Å². The maximum absolute atomic E-state index is 13.4. The van der Waals surface area contributed by atoms with Gasteiger partial charge < -0.3 is 10.1 Å². The first-order chi connectivity index (χ1) is 17.2. The number of ether oxygens (including phenoxy) is 1. The first kappa shape index (κ1) is 25.5. The van der Waals surface area contributed by atoms with Crippen LogP contribution in [-0.4, -0.2) is 95.1 Å². The summed E-state index contributed by atoms with van der Waals surface area (Å²) in [6.07, 6.45) is 1.70. The minimum absolute atomic E-state index is 0.0135. The lowest BCUT2D eigenvalue weighted by atomic mass is 10.0. The van der Waals surface area contributed by atoms with E-state index in [0.29, 0.717) is 0 Å². The van der Waals surface area contributed by atoms with E-state index in [0.717, 1.165) is 35.7 Å². The molecule has 0 aliphatic carbocycles. The van der Waals surface area contributed by atoms with Crippen molar-refractivity contribution in [2.75, 3.05) is 26.7 Å². The molecule has 3 aliphatic heterocycles. The van der Waals surface area contributed by atoms with Crippen LogP contribution in [0.15, 0.2) is 24.3 Å². The maximum Gasteiger partial charge on any atom is 0.307 e. The van der Waals surface area contributed by atoms with Gasteiger partial charge in [0, 0.05) is 13.0 Å². The number of nitrogens with one attached hydrogen (secondary N) is 1. The summed E-state index contributed by atoms with van der Waals surface area (Å²) >= 11 is 0. The predicted octanol–water partition coefficient (Wildman–Crippen LogP) is 0.332. The van der Waals surface area contributed by atoms with E-state index < -0.39 is 47.7 Å². The normalized spacial score (nSPS) is 22.0. The molecule has 2 saturated heterocycles. The van der Waals surface area contributed by atoms with Crippen LogP contribution in [-0.2, 0) is 23.9 Å². The zero-order valence-electron chi connectivity index (χ0n) is 20.4. The van der Waals surface area contributed by atoms with Gasteiger partial charge in [0.1, 0.15) is 6.04 Å². The molecule has 192 valence electrons. The Morgan fingerprint density at radius 3 is 2.25 bits per heavy atom. The van der Waals surface area contributed by atoms with Gasteiger partial charge in [0.2, 0.25) is 11.8 Å². The summed E-state index contributed by atoms with van der Waals surface area (Å²) in [6.45, 7) is 3.08. The molecule has 1 N–H and O–H groups in total. The fourth-order valence-electron chi connectivity index (χ4n) is 5.03. The number of nitrogens with zero attached hydrogens (tertiary/aromatic N) is 3. The third kappa shape index (κ3) is 4.88. The second-order valence-electron chi connectivity index (χ2n) is 9.33. The van der Waals surface area contributed by atoms with Crippen molar-refractivity contribution in [3.8, 4) is 0 Å². The smallest absolute Gasteiger partial charge is 0.307 e. The molecular formula is C25H30N4O7. The Morgan fingerprint density at radius 2 is 1.67 bits per heavy atom. The van der Waals surface area contributed by atoms with Gasteiger partial charge in [-0.05, 0) is 51.4 Å². The number of rotatable bonds is 8. The number of hydrogen-bond donors (Lipinski definition) is 1. The molecule has 0 aromatic heterocycles. The topological polar surface area (TPSA) is 133 Å². The Balaban J connectivity index is 1.51. The highest BCUT2D eigenvalue weighted by molar-refractivity contribution is 6.23. The van der Waals surface area contributed by atoms with Crippen LogP contribution in [0.5, 0.6) is 0 Å². The van der Waals surface area contributed by atoms with Gasteiger partial charge in [-0.25, -0.2) is 0 Å². The van der Waals surface area contributed by atoms with Crippen LogP contribution >= 0.6 is 0 Å². The van der Waals surface area contributed by atoms with E-state index in [9.17, 15) is 28.8 Å². The zero-order chi connectivity index (χ0) is 26.0. The number of hydrogen-bond acceptors (Lipinski definition) is 8. The summed E-state index contributed by atoms with van der Waals surface area (Å²) < 4.78 is 4.75. The van der Waals surface area contributed by atoms with Crippen molar-refractivity contribution in [3.05, 3.63) is 35.4 Å². The average molecular weight is 499 g/mol. The van der Waals surface area contributed by atoms with Gasteiger partial charge >= 0.3 is 5.97 Å². The highest BCUT2D eigenvalue weighted by Crippen LogP contribution is 2.29. The molecule has 2 fully saturated rings.